The summed E-state index contributed by atoms with van der Waals surface area (Å²) >= 11 is 0. The monoisotopic (exact) mass is 169 g/mol. The van der Waals surface area contributed by atoms with Crippen molar-refractivity contribution in [3.8, 4) is 0 Å². The molecule has 0 amide bonds. The van der Waals surface area contributed by atoms with Crippen molar-refractivity contribution in [1.82, 2.24) is 0 Å². The minimum atomic E-state index is -0.658. The van der Waals surface area contributed by atoms with Crippen LogP contribution < -0.4 is 5.73 Å². The molecule has 0 aliphatic carbocycles. The molecule has 2 N–H and O–H groups in total. The third-order valence-corrected chi connectivity index (χ3v) is 3.27. The molecule has 0 aliphatic heterocycles. The second kappa shape index (κ2) is 2.78. The van der Waals surface area contributed by atoms with Gasteiger partial charge in [-0.15, -0.1) is 0 Å². The standard InChI is InChI=1S/C9H15NS/c1-11(2,3)9-7-5-4-6-8(9)10/h4-7H,10H2,1-3H3. The summed E-state index contributed by atoms with van der Waals surface area (Å²) in [5.74, 6) is 0. The number of hydrogen-bond acceptors (Lipinski definition) is 1. The zero-order chi connectivity index (χ0) is 8.48. The van der Waals surface area contributed by atoms with E-state index in [2.05, 4.69) is 24.8 Å². The maximum absolute atomic E-state index is 5.83. The fraction of sp³-hybridized carbons (Fsp3) is 0.333. The summed E-state index contributed by atoms with van der Waals surface area (Å²) in [4.78, 5) is 1.31. The topological polar surface area (TPSA) is 26.0 Å². The van der Waals surface area contributed by atoms with Crippen LogP contribution in [0.1, 0.15) is 0 Å². The Kier molecular flexibility index (Phi) is 2.14. The van der Waals surface area contributed by atoms with Gasteiger partial charge in [-0.2, -0.15) is 0 Å². The van der Waals surface area contributed by atoms with Gasteiger partial charge in [0, 0.05) is 10.6 Å². The highest BCUT2D eigenvalue weighted by Gasteiger charge is 2.09. The molecule has 0 bridgehead atoms. The number of rotatable bonds is 1. The third kappa shape index (κ3) is 1.90. The number of nitrogens with two attached hydrogens (primary N) is 1. The van der Waals surface area contributed by atoms with Crippen LogP contribution in [0.4, 0.5) is 5.69 Å². The van der Waals surface area contributed by atoms with Crippen LogP contribution in [0.5, 0.6) is 0 Å². The summed E-state index contributed by atoms with van der Waals surface area (Å²) < 4.78 is 0. The minimum Gasteiger partial charge on any atom is -0.398 e. The second-order valence-electron chi connectivity index (χ2n) is 3.37. The molecular weight excluding hydrogens is 154 g/mol. The van der Waals surface area contributed by atoms with E-state index in [1.54, 1.807) is 0 Å². The van der Waals surface area contributed by atoms with E-state index in [1.165, 1.54) is 4.90 Å². The van der Waals surface area contributed by atoms with Crippen molar-refractivity contribution in [3.05, 3.63) is 24.3 Å². The van der Waals surface area contributed by atoms with Crippen LogP contribution in [0.2, 0.25) is 0 Å². The Hall–Kier alpha value is -0.630. The van der Waals surface area contributed by atoms with E-state index < -0.39 is 10.0 Å². The Labute approximate surface area is 69.9 Å². The van der Waals surface area contributed by atoms with Crippen molar-refractivity contribution in [2.75, 3.05) is 24.5 Å². The van der Waals surface area contributed by atoms with Gasteiger partial charge in [-0.3, -0.25) is 0 Å². The van der Waals surface area contributed by atoms with Gasteiger partial charge in [-0.1, -0.05) is 12.1 Å². The van der Waals surface area contributed by atoms with Gasteiger partial charge < -0.3 is 5.73 Å². The number of hydrogen-bond donors (Lipinski definition) is 1. The maximum atomic E-state index is 5.83. The normalized spacial score (nSPS) is 13.0. The molecular formula is C9H15NS. The molecule has 0 unspecified atom stereocenters. The average molecular weight is 169 g/mol. The summed E-state index contributed by atoms with van der Waals surface area (Å²) in [5.41, 5.74) is 6.75. The van der Waals surface area contributed by atoms with Gasteiger partial charge in [0.15, 0.2) is 0 Å². The van der Waals surface area contributed by atoms with Crippen molar-refractivity contribution >= 4 is 15.7 Å². The van der Waals surface area contributed by atoms with Crippen LogP contribution in [0.15, 0.2) is 29.2 Å². The van der Waals surface area contributed by atoms with Crippen LogP contribution in [0.3, 0.4) is 0 Å². The number of anilines is 1. The molecule has 62 valence electrons. The molecule has 0 aliphatic rings. The Bertz CT molecular complexity index is 250. The molecule has 0 aromatic heterocycles. The second-order valence-corrected chi connectivity index (χ2v) is 7.49. The van der Waals surface area contributed by atoms with Gasteiger partial charge in [-0.05, 0) is 30.9 Å². The van der Waals surface area contributed by atoms with E-state index in [4.69, 9.17) is 5.73 Å². The van der Waals surface area contributed by atoms with Gasteiger partial charge in [-0.25, -0.2) is 10.0 Å². The first-order valence-corrected chi connectivity index (χ1v) is 6.40. The Balaban J connectivity index is 3.14. The lowest BCUT2D eigenvalue weighted by Crippen LogP contribution is -1.97. The lowest BCUT2D eigenvalue weighted by atomic mass is 10.3. The molecule has 1 nitrogen and oxygen atoms in total. The molecule has 1 rings (SSSR count). The Morgan fingerprint density at radius 3 is 2.00 bits per heavy atom. The first-order chi connectivity index (χ1) is 5.02. The van der Waals surface area contributed by atoms with Crippen LogP contribution in [-0.4, -0.2) is 18.8 Å². The van der Waals surface area contributed by atoms with E-state index >= 15 is 0 Å². The molecule has 11 heavy (non-hydrogen) atoms. The fourth-order valence-electron chi connectivity index (χ4n) is 1.04. The third-order valence-electron chi connectivity index (χ3n) is 1.58. The predicted octanol–water partition coefficient (Wildman–Crippen LogP) is 2.32. The van der Waals surface area contributed by atoms with Crippen molar-refractivity contribution in [1.29, 1.82) is 0 Å². The Morgan fingerprint density at radius 1 is 1.09 bits per heavy atom. The largest absolute Gasteiger partial charge is 0.398 e. The molecule has 0 heterocycles. The van der Waals surface area contributed by atoms with Gasteiger partial charge in [0.05, 0.1) is 0 Å². The zero-order valence-electron chi connectivity index (χ0n) is 7.29. The predicted molar refractivity (Wildman–Crippen MR) is 54.5 cm³/mol. The minimum absolute atomic E-state index is 0.658. The van der Waals surface area contributed by atoms with Crippen molar-refractivity contribution in [2.24, 2.45) is 0 Å². The highest BCUT2D eigenvalue weighted by Crippen LogP contribution is 2.47. The molecule has 0 saturated heterocycles. The molecule has 0 fully saturated rings. The van der Waals surface area contributed by atoms with E-state index in [9.17, 15) is 0 Å². The summed E-state index contributed by atoms with van der Waals surface area (Å²) in [6.07, 6.45) is 6.75. The van der Waals surface area contributed by atoms with E-state index in [0.29, 0.717) is 0 Å². The lowest BCUT2D eigenvalue weighted by Gasteiger charge is -2.27. The van der Waals surface area contributed by atoms with Crippen LogP contribution in [-0.2, 0) is 0 Å². The summed E-state index contributed by atoms with van der Waals surface area (Å²) in [7, 11) is -0.658. The van der Waals surface area contributed by atoms with Gasteiger partial charge in [0.1, 0.15) is 0 Å². The number of benzene rings is 1. The average Bonchev–Trinajstić information content (AvgIpc) is 1.86. The first-order valence-electron chi connectivity index (χ1n) is 3.54. The summed E-state index contributed by atoms with van der Waals surface area (Å²) in [5, 5.41) is 0. The summed E-state index contributed by atoms with van der Waals surface area (Å²) in [6, 6.07) is 8.10. The van der Waals surface area contributed by atoms with E-state index in [1.807, 2.05) is 18.2 Å². The van der Waals surface area contributed by atoms with Gasteiger partial charge in [0.25, 0.3) is 0 Å². The van der Waals surface area contributed by atoms with Crippen LogP contribution >= 0.6 is 10.0 Å². The highest BCUT2D eigenvalue weighted by molar-refractivity contribution is 8.32. The number of para-hydroxylation sites is 1. The molecule has 1 aromatic rings. The maximum Gasteiger partial charge on any atom is 0.0436 e. The van der Waals surface area contributed by atoms with E-state index in [-0.39, 0.29) is 0 Å². The molecule has 0 spiro atoms. The SMILES string of the molecule is CS(C)(C)c1ccccc1N. The Morgan fingerprint density at radius 2 is 1.64 bits per heavy atom. The van der Waals surface area contributed by atoms with Crippen molar-refractivity contribution in [2.45, 2.75) is 4.90 Å². The zero-order valence-corrected chi connectivity index (χ0v) is 8.11. The van der Waals surface area contributed by atoms with Gasteiger partial charge in [0.2, 0.25) is 0 Å². The smallest absolute Gasteiger partial charge is 0.0436 e. The molecule has 0 atom stereocenters. The molecule has 2 heteroatoms. The molecule has 1 aromatic carbocycles. The van der Waals surface area contributed by atoms with E-state index in [0.717, 1.165) is 5.69 Å². The molecule has 0 saturated carbocycles. The fourth-order valence-corrected chi connectivity index (χ4v) is 2.30. The van der Waals surface area contributed by atoms with Crippen molar-refractivity contribution < 1.29 is 0 Å². The summed E-state index contributed by atoms with van der Waals surface area (Å²) in [6.45, 7) is 0. The lowest BCUT2D eigenvalue weighted by molar-refractivity contribution is 1.44. The van der Waals surface area contributed by atoms with Crippen LogP contribution in [0.25, 0.3) is 0 Å². The van der Waals surface area contributed by atoms with Crippen LogP contribution in [0, 0.1) is 0 Å². The highest BCUT2D eigenvalue weighted by atomic mass is 32.3. The van der Waals surface area contributed by atoms with Gasteiger partial charge >= 0.3 is 0 Å². The molecule has 0 radical (unpaired) electrons. The van der Waals surface area contributed by atoms with Crippen molar-refractivity contribution in [3.63, 3.8) is 0 Å². The first kappa shape index (κ1) is 8.47. The quantitative estimate of drug-likeness (QED) is 0.641. The number of nitrogen functional groups attached to an aromatic ring is 1.